The van der Waals surface area contributed by atoms with Gasteiger partial charge < -0.3 is 51.6 Å². The molecule has 1 aromatic heterocycles. The Labute approximate surface area is 361 Å². The molecular formula is C45H58N8O9. The Morgan fingerprint density at radius 2 is 1.44 bits per heavy atom. The predicted molar refractivity (Wildman–Crippen MR) is 234 cm³/mol. The number of likely N-dealkylation sites (N-methyl/N-ethyl adjacent to an activating group) is 2. The van der Waals surface area contributed by atoms with Crippen LogP contribution in [0.4, 0.5) is 15.3 Å². The van der Waals surface area contributed by atoms with E-state index in [9.17, 15) is 38.7 Å². The van der Waals surface area contributed by atoms with Crippen molar-refractivity contribution < 1.29 is 43.4 Å². The number of fused-ring (bicyclic) bond motifs is 1. The normalized spacial score (nSPS) is 13.1. The Morgan fingerprint density at radius 3 is 2.10 bits per heavy atom. The molecular weight excluding hydrogens is 797 g/mol. The van der Waals surface area contributed by atoms with E-state index in [0.717, 1.165) is 26.3 Å². The van der Waals surface area contributed by atoms with Gasteiger partial charge >= 0.3 is 18.1 Å². The van der Waals surface area contributed by atoms with Crippen LogP contribution in [0.1, 0.15) is 63.1 Å². The van der Waals surface area contributed by atoms with Crippen LogP contribution in [0.5, 0.6) is 0 Å². The fourth-order valence-corrected chi connectivity index (χ4v) is 6.87. The number of unbranched alkanes of at least 4 members (excludes halogenated alkanes) is 1. The Kier molecular flexibility index (Phi) is 17.0. The van der Waals surface area contributed by atoms with E-state index in [1.54, 1.807) is 69.4 Å². The molecule has 0 fully saturated rings. The molecule has 8 N–H and O–H groups in total. The van der Waals surface area contributed by atoms with E-state index in [0.29, 0.717) is 23.2 Å². The molecule has 4 atom stereocenters. The lowest BCUT2D eigenvalue weighted by molar-refractivity contribution is -0.152. The van der Waals surface area contributed by atoms with Crippen LogP contribution in [0.2, 0.25) is 0 Å². The van der Waals surface area contributed by atoms with Gasteiger partial charge in [-0.25, -0.2) is 9.59 Å². The van der Waals surface area contributed by atoms with Crippen LogP contribution in [0.3, 0.4) is 0 Å². The Balaban J connectivity index is 1.60. The zero-order chi connectivity index (χ0) is 45.6. The number of aryl methyl sites for hydroxylation is 1. The summed E-state index contributed by atoms with van der Waals surface area (Å²) < 4.78 is 5.48. The summed E-state index contributed by atoms with van der Waals surface area (Å²) in [7, 11) is 2.56. The molecule has 7 amide bonds. The molecule has 4 aromatic rings. The lowest BCUT2D eigenvalue weighted by Crippen LogP contribution is -2.59. The van der Waals surface area contributed by atoms with Crippen LogP contribution in [0.15, 0.2) is 85.1 Å². The number of carbonyl (C=O) groups is 7. The molecule has 0 aliphatic carbocycles. The third-order valence-electron chi connectivity index (χ3n) is 10.2. The fourth-order valence-electron chi connectivity index (χ4n) is 6.87. The molecule has 0 aliphatic rings. The average molecular weight is 855 g/mol. The van der Waals surface area contributed by atoms with Gasteiger partial charge in [-0.1, -0.05) is 66.7 Å². The van der Waals surface area contributed by atoms with Gasteiger partial charge in [-0.2, -0.15) is 0 Å². The number of aliphatic carboxylic acids is 1. The first-order valence-corrected chi connectivity index (χ1v) is 20.4. The molecule has 17 heteroatoms. The highest BCUT2D eigenvalue weighted by Gasteiger charge is 2.38. The van der Waals surface area contributed by atoms with Crippen LogP contribution in [0.25, 0.3) is 10.9 Å². The number of hydrogen-bond acceptors (Lipinski definition) is 8. The number of carbonyl (C=O) groups excluding carboxylic acids is 6. The van der Waals surface area contributed by atoms with Crippen LogP contribution in [0, 0.1) is 6.92 Å². The molecule has 332 valence electrons. The van der Waals surface area contributed by atoms with Crippen molar-refractivity contribution in [3.8, 4) is 0 Å². The lowest BCUT2D eigenvalue weighted by atomic mass is 10.0. The Bertz CT molecular complexity index is 2200. The van der Waals surface area contributed by atoms with Crippen molar-refractivity contribution in [3.05, 3.63) is 102 Å². The minimum absolute atomic E-state index is 0.00734. The third kappa shape index (κ3) is 14.1. The maximum atomic E-state index is 14.5. The highest BCUT2D eigenvalue weighted by molar-refractivity contribution is 5.97. The minimum Gasteiger partial charge on any atom is -0.481 e. The van der Waals surface area contributed by atoms with Gasteiger partial charge in [-0.3, -0.25) is 24.0 Å². The smallest absolute Gasteiger partial charge is 0.408 e. The first-order valence-electron chi connectivity index (χ1n) is 20.4. The molecule has 0 aliphatic heterocycles. The van der Waals surface area contributed by atoms with E-state index in [1.165, 1.54) is 14.1 Å². The molecule has 0 radical (unpaired) electrons. The molecule has 1 heterocycles. The van der Waals surface area contributed by atoms with Gasteiger partial charge in [0.1, 0.15) is 29.8 Å². The second-order valence-electron chi connectivity index (χ2n) is 16.1. The highest BCUT2D eigenvalue weighted by Crippen LogP contribution is 2.21. The van der Waals surface area contributed by atoms with Gasteiger partial charge in [0, 0.05) is 56.3 Å². The third-order valence-corrected chi connectivity index (χ3v) is 10.2. The summed E-state index contributed by atoms with van der Waals surface area (Å²) in [5.74, 6) is -4.65. The first kappa shape index (κ1) is 47.8. The van der Waals surface area contributed by atoms with Gasteiger partial charge in [-0.05, 0) is 75.8 Å². The summed E-state index contributed by atoms with van der Waals surface area (Å²) in [6.07, 6.45) is 0.675. The zero-order valence-corrected chi connectivity index (χ0v) is 36.0. The Hall–Kier alpha value is -6.91. The number of urea groups is 1. The van der Waals surface area contributed by atoms with Crippen molar-refractivity contribution in [1.82, 2.24) is 30.7 Å². The summed E-state index contributed by atoms with van der Waals surface area (Å²) in [4.78, 5) is 98.7. The number of carboxylic acids is 1. The SMILES string of the molecule is Cc1ccccc1NC(=O)NCCCCC(NC(=O)C(Cc1c[nH]c2ccccc12)NC(=O)OC(C)(C)C)C(=O)N(C)C(CC(=O)O)C(=O)N(C)C(Cc1ccccc1)C(N)=O. The number of rotatable bonds is 20. The number of nitrogens with two attached hydrogens (primary N) is 1. The van der Waals surface area contributed by atoms with Crippen LogP contribution < -0.4 is 27.0 Å². The van der Waals surface area contributed by atoms with E-state index in [2.05, 4.69) is 26.3 Å². The lowest BCUT2D eigenvalue weighted by Gasteiger charge is -2.35. The maximum Gasteiger partial charge on any atom is 0.408 e. The summed E-state index contributed by atoms with van der Waals surface area (Å²) in [6.45, 7) is 7.08. The maximum absolute atomic E-state index is 14.5. The number of para-hydroxylation sites is 2. The number of aromatic amines is 1. The Morgan fingerprint density at radius 1 is 0.790 bits per heavy atom. The van der Waals surface area contributed by atoms with E-state index in [1.807, 2.05) is 43.3 Å². The van der Waals surface area contributed by atoms with Crippen LogP contribution in [-0.2, 0) is 41.6 Å². The van der Waals surface area contributed by atoms with Gasteiger partial charge in [0.2, 0.25) is 23.6 Å². The minimum atomic E-state index is -1.62. The predicted octanol–water partition coefficient (Wildman–Crippen LogP) is 4.25. The number of alkyl carbamates (subject to hydrolysis) is 1. The molecule has 62 heavy (non-hydrogen) atoms. The van der Waals surface area contributed by atoms with E-state index >= 15 is 0 Å². The average Bonchev–Trinajstić information content (AvgIpc) is 3.62. The largest absolute Gasteiger partial charge is 0.481 e. The van der Waals surface area contributed by atoms with Crippen molar-refractivity contribution in [2.75, 3.05) is 26.0 Å². The molecule has 0 saturated carbocycles. The van der Waals surface area contributed by atoms with E-state index in [-0.39, 0.29) is 32.2 Å². The molecule has 4 unspecified atom stereocenters. The second-order valence-corrected chi connectivity index (χ2v) is 16.1. The molecule has 3 aromatic carbocycles. The van der Waals surface area contributed by atoms with Crippen molar-refractivity contribution in [2.45, 2.75) is 96.0 Å². The summed E-state index contributed by atoms with van der Waals surface area (Å²) in [6, 6.07) is 17.7. The topological polar surface area (TPSA) is 245 Å². The van der Waals surface area contributed by atoms with E-state index in [4.69, 9.17) is 10.5 Å². The summed E-state index contributed by atoms with van der Waals surface area (Å²) >= 11 is 0. The number of carboxylic acid groups (broad SMARTS) is 1. The number of H-pyrrole nitrogens is 1. The fraction of sp³-hybridized carbons (Fsp3) is 0.400. The van der Waals surface area contributed by atoms with E-state index < -0.39 is 77.9 Å². The van der Waals surface area contributed by atoms with Crippen molar-refractivity contribution in [1.29, 1.82) is 0 Å². The second kappa shape index (κ2) is 22.1. The molecule has 4 rings (SSSR count). The number of nitrogens with one attached hydrogen (secondary N) is 5. The van der Waals surface area contributed by atoms with Crippen molar-refractivity contribution in [3.63, 3.8) is 0 Å². The first-order chi connectivity index (χ1) is 29.3. The van der Waals surface area contributed by atoms with Gasteiger partial charge in [0.25, 0.3) is 0 Å². The van der Waals surface area contributed by atoms with Gasteiger partial charge in [-0.15, -0.1) is 0 Å². The summed E-state index contributed by atoms with van der Waals surface area (Å²) in [5.41, 5.74) is 8.55. The van der Waals surface area contributed by atoms with Gasteiger partial charge in [0.15, 0.2) is 0 Å². The number of nitrogens with zero attached hydrogens (tertiary/aromatic N) is 2. The highest BCUT2D eigenvalue weighted by atomic mass is 16.6. The monoisotopic (exact) mass is 854 g/mol. The number of anilines is 1. The molecule has 0 saturated heterocycles. The number of aromatic nitrogens is 1. The summed E-state index contributed by atoms with van der Waals surface area (Å²) in [5, 5.41) is 21.7. The molecule has 0 spiro atoms. The quantitative estimate of drug-likeness (QED) is 0.0628. The van der Waals surface area contributed by atoms with Gasteiger partial charge in [0.05, 0.1) is 6.42 Å². The number of primary amides is 1. The number of amides is 7. The number of hydrogen-bond donors (Lipinski definition) is 7. The number of benzene rings is 3. The van der Waals surface area contributed by atoms with Crippen molar-refractivity contribution >= 4 is 58.3 Å². The standard InChI is InChI=1S/C45H58N8O9/c1-28-16-10-12-20-32(28)50-43(60)47-23-15-14-22-34(49-40(57)35(51-44(61)62-45(2,3)4)25-30-27-48-33-21-13-11-19-31(30)33)41(58)53(6)37(26-38(54)55)42(59)52(5)36(39(46)56)24-29-17-8-7-9-18-29/h7-13,16-21,27,34-37,48H,14-15,22-26H2,1-6H3,(H2,46,56)(H,49,57)(H,51,61)(H,54,55)(H2,47,50,60). The van der Waals surface area contributed by atoms with Crippen LogP contribution >= 0.6 is 0 Å². The molecule has 0 bridgehead atoms. The van der Waals surface area contributed by atoms with Crippen molar-refractivity contribution in [2.24, 2.45) is 5.73 Å². The zero-order valence-electron chi connectivity index (χ0n) is 36.0. The van der Waals surface area contributed by atoms with Crippen LogP contribution in [-0.4, -0.2) is 112 Å². The number of ether oxygens (including phenoxy) is 1. The molecule has 17 nitrogen and oxygen atoms in total.